The van der Waals surface area contributed by atoms with Crippen LogP contribution in [0.1, 0.15) is 28.8 Å². The second-order valence-electron chi connectivity index (χ2n) is 7.31. The van der Waals surface area contributed by atoms with Crippen LogP contribution in [0.3, 0.4) is 0 Å². The lowest BCUT2D eigenvalue weighted by Crippen LogP contribution is -2.32. The Bertz CT molecular complexity index is 1280. The summed E-state index contributed by atoms with van der Waals surface area (Å²) >= 11 is 0. The van der Waals surface area contributed by atoms with Crippen LogP contribution in [0.4, 0.5) is 10.3 Å². The molecule has 0 saturated carbocycles. The zero-order chi connectivity index (χ0) is 20.1. The number of hydrogen-bond donors (Lipinski definition) is 1. The molecule has 6 heteroatoms. The van der Waals surface area contributed by atoms with Gasteiger partial charge in [-0.05, 0) is 23.8 Å². The van der Waals surface area contributed by atoms with Crippen molar-refractivity contribution in [2.75, 3.05) is 5.32 Å². The molecule has 0 aliphatic carbocycles. The van der Waals surface area contributed by atoms with E-state index >= 15 is 4.39 Å². The smallest absolute Gasteiger partial charge is 0.226 e. The minimum Gasteiger partial charge on any atom is -0.480 e. The van der Waals surface area contributed by atoms with E-state index in [1.165, 1.54) is 12.4 Å². The van der Waals surface area contributed by atoms with Crippen LogP contribution < -0.4 is 10.1 Å². The highest BCUT2D eigenvalue weighted by Crippen LogP contribution is 2.50. The molecule has 6 rings (SSSR count). The first-order valence-corrected chi connectivity index (χ1v) is 9.77. The molecular formula is C24H17FN4O. The lowest BCUT2D eigenvalue weighted by molar-refractivity contribution is 0.222. The topological polar surface area (TPSA) is 52.0 Å². The Labute approximate surface area is 172 Å². The van der Waals surface area contributed by atoms with E-state index in [9.17, 15) is 0 Å². The SMILES string of the molecule is Fc1ccccc1[C@H]1C2=C(Nc3ncnn31)c1ccccc1O[C@H]2c1ccccc1. The molecule has 0 bridgehead atoms. The largest absolute Gasteiger partial charge is 0.480 e. The molecule has 0 fully saturated rings. The number of aromatic nitrogens is 3. The van der Waals surface area contributed by atoms with Crippen LogP contribution in [0.5, 0.6) is 5.75 Å². The molecule has 2 aliphatic heterocycles. The normalized spacial score (nSPS) is 19.2. The maximum Gasteiger partial charge on any atom is 0.226 e. The molecular weight excluding hydrogens is 379 g/mol. The zero-order valence-electron chi connectivity index (χ0n) is 15.9. The summed E-state index contributed by atoms with van der Waals surface area (Å²) in [6.07, 6.45) is 1.09. The molecule has 5 nitrogen and oxygen atoms in total. The summed E-state index contributed by atoms with van der Waals surface area (Å²) in [5.41, 5.74) is 4.24. The van der Waals surface area contributed by atoms with Crippen molar-refractivity contribution in [2.45, 2.75) is 12.1 Å². The van der Waals surface area contributed by atoms with Crippen molar-refractivity contribution in [3.05, 3.63) is 113 Å². The molecule has 1 N–H and O–H groups in total. The molecule has 4 aromatic rings. The van der Waals surface area contributed by atoms with Crippen LogP contribution in [-0.4, -0.2) is 14.8 Å². The number of nitrogens with one attached hydrogen (secondary N) is 1. The van der Waals surface area contributed by atoms with Crippen LogP contribution in [0.2, 0.25) is 0 Å². The predicted octanol–water partition coefficient (Wildman–Crippen LogP) is 4.98. The third-order valence-corrected chi connectivity index (χ3v) is 5.62. The number of nitrogens with zero attached hydrogens (tertiary/aromatic N) is 3. The van der Waals surface area contributed by atoms with Gasteiger partial charge in [0.15, 0.2) is 0 Å². The molecule has 0 amide bonds. The second-order valence-corrected chi connectivity index (χ2v) is 7.31. The van der Waals surface area contributed by atoms with Crippen molar-refractivity contribution >= 4 is 11.6 Å². The Morgan fingerprint density at radius 3 is 2.53 bits per heavy atom. The van der Waals surface area contributed by atoms with Crippen LogP contribution in [0, 0.1) is 5.82 Å². The number of rotatable bonds is 2. The molecule has 0 radical (unpaired) electrons. The molecule has 146 valence electrons. The number of anilines is 1. The third kappa shape index (κ3) is 2.47. The van der Waals surface area contributed by atoms with Crippen molar-refractivity contribution in [3.63, 3.8) is 0 Å². The first-order chi connectivity index (χ1) is 14.8. The van der Waals surface area contributed by atoms with Gasteiger partial charge in [-0.15, -0.1) is 0 Å². The van der Waals surface area contributed by atoms with Crippen molar-refractivity contribution < 1.29 is 9.13 Å². The number of ether oxygens (including phenoxy) is 1. The molecule has 3 heterocycles. The van der Waals surface area contributed by atoms with Crippen LogP contribution >= 0.6 is 0 Å². The van der Waals surface area contributed by atoms with Gasteiger partial charge in [0.2, 0.25) is 5.95 Å². The fraction of sp³-hybridized carbons (Fsp3) is 0.0833. The van der Waals surface area contributed by atoms with Crippen molar-refractivity contribution in [2.24, 2.45) is 0 Å². The monoisotopic (exact) mass is 396 g/mol. The Hall–Kier alpha value is -3.93. The van der Waals surface area contributed by atoms with E-state index in [2.05, 4.69) is 15.4 Å². The van der Waals surface area contributed by atoms with E-state index in [4.69, 9.17) is 4.74 Å². The number of hydrogen-bond acceptors (Lipinski definition) is 4. The molecule has 30 heavy (non-hydrogen) atoms. The summed E-state index contributed by atoms with van der Waals surface area (Å²) in [5.74, 6) is 1.06. The van der Waals surface area contributed by atoms with Gasteiger partial charge in [0, 0.05) is 16.7 Å². The number of benzene rings is 3. The van der Waals surface area contributed by atoms with E-state index in [-0.39, 0.29) is 5.82 Å². The highest BCUT2D eigenvalue weighted by Gasteiger charge is 2.41. The first-order valence-electron chi connectivity index (χ1n) is 9.77. The molecule has 2 aliphatic rings. The molecule has 0 unspecified atom stereocenters. The number of para-hydroxylation sites is 1. The Kier molecular flexibility index (Phi) is 3.71. The summed E-state index contributed by atoms with van der Waals surface area (Å²) in [7, 11) is 0. The molecule has 0 saturated heterocycles. The summed E-state index contributed by atoms with van der Waals surface area (Å²) < 4.78 is 23.2. The zero-order valence-corrected chi connectivity index (χ0v) is 15.9. The average molecular weight is 396 g/mol. The molecule has 2 atom stereocenters. The van der Waals surface area contributed by atoms with Gasteiger partial charge in [0.25, 0.3) is 0 Å². The van der Waals surface area contributed by atoms with Gasteiger partial charge >= 0.3 is 0 Å². The van der Waals surface area contributed by atoms with Gasteiger partial charge in [0.1, 0.15) is 30.0 Å². The van der Waals surface area contributed by atoms with Crippen molar-refractivity contribution in [1.29, 1.82) is 0 Å². The highest BCUT2D eigenvalue weighted by atomic mass is 19.1. The standard InChI is InChI=1S/C24H17FN4O/c25-18-12-6-4-10-16(18)22-20-21(28-24-26-14-27-29(22)24)17-11-5-7-13-19(17)30-23(20)15-8-2-1-3-9-15/h1-14,22-23H,(H,26,27,28)/t22-,23-/m0/s1. The van der Waals surface area contributed by atoms with E-state index < -0.39 is 12.1 Å². The van der Waals surface area contributed by atoms with Gasteiger partial charge < -0.3 is 10.1 Å². The van der Waals surface area contributed by atoms with Gasteiger partial charge in [-0.25, -0.2) is 9.07 Å². The average Bonchev–Trinajstić information content (AvgIpc) is 3.27. The predicted molar refractivity (Wildman–Crippen MR) is 111 cm³/mol. The Morgan fingerprint density at radius 2 is 1.67 bits per heavy atom. The Balaban J connectivity index is 1.66. The lowest BCUT2D eigenvalue weighted by atomic mass is 9.84. The summed E-state index contributed by atoms with van der Waals surface area (Å²) in [6.45, 7) is 0. The number of fused-ring (bicyclic) bond motifs is 3. The van der Waals surface area contributed by atoms with Crippen molar-refractivity contribution in [1.82, 2.24) is 14.8 Å². The summed E-state index contributed by atoms with van der Waals surface area (Å²) in [4.78, 5) is 4.37. The minimum absolute atomic E-state index is 0.289. The fourth-order valence-corrected chi connectivity index (χ4v) is 4.32. The van der Waals surface area contributed by atoms with E-state index in [1.54, 1.807) is 16.8 Å². The van der Waals surface area contributed by atoms with Crippen molar-refractivity contribution in [3.8, 4) is 5.75 Å². The molecule has 0 spiro atoms. The van der Waals surface area contributed by atoms with Crippen LogP contribution in [0.15, 0.2) is 90.8 Å². The molecule has 3 aromatic carbocycles. The van der Waals surface area contributed by atoms with Gasteiger partial charge in [-0.2, -0.15) is 10.1 Å². The van der Waals surface area contributed by atoms with E-state index in [1.807, 2.05) is 60.7 Å². The van der Waals surface area contributed by atoms with Gasteiger partial charge in [-0.3, -0.25) is 0 Å². The van der Waals surface area contributed by atoms with Gasteiger partial charge in [-0.1, -0.05) is 60.7 Å². The fourth-order valence-electron chi connectivity index (χ4n) is 4.32. The quantitative estimate of drug-likeness (QED) is 0.519. The maximum atomic E-state index is 15.0. The molecule has 1 aromatic heterocycles. The summed E-state index contributed by atoms with van der Waals surface area (Å²) in [5, 5.41) is 7.84. The minimum atomic E-state index is -0.487. The lowest BCUT2D eigenvalue weighted by Gasteiger charge is -2.39. The second kappa shape index (κ2) is 6.56. The summed E-state index contributed by atoms with van der Waals surface area (Å²) in [6, 6.07) is 24.2. The first kappa shape index (κ1) is 17.0. The maximum absolute atomic E-state index is 15.0. The van der Waals surface area contributed by atoms with E-state index in [0.29, 0.717) is 11.5 Å². The van der Waals surface area contributed by atoms with Gasteiger partial charge in [0.05, 0.1) is 5.70 Å². The highest BCUT2D eigenvalue weighted by molar-refractivity contribution is 5.85. The third-order valence-electron chi connectivity index (χ3n) is 5.62. The van der Waals surface area contributed by atoms with Crippen LogP contribution in [0.25, 0.3) is 5.70 Å². The van der Waals surface area contributed by atoms with E-state index in [0.717, 1.165) is 28.1 Å². The Morgan fingerprint density at radius 1 is 0.900 bits per heavy atom. The number of halogens is 1. The van der Waals surface area contributed by atoms with Crippen LogP contribution in [-0.2, 0) is 0 Å².